The molecule has 2 aromatic rings. The summed E-state index contributed by atoms with van der Waals surface area (Å²) in [6, 6.07) is 6.30. The Bertz CT molecular complexity index is 895. The third kappa shape index (κ3) is 3.83. The Labute approximate surface area is 170 Å². The number of carbonyl (C=O) groups is 1. The van der Waals surface area contributed by atoms with Gasteiger partial charge in [-0.1, -0.05) is 20.3 Å². The highest BCUT2D eigenvalue weighted by Gasteiger charge is 2.33. The normalized spacial score (nSPS) is 20.0. The van der Waals surface area contributed by atoms with E-state index in [1.807, 2.05) is 6.92 Å². The van der Waals surface area contributed by atoms with Crippen LogP contribution in [0, 0.1) is 18.7 Å². The summed E-state index contributed by atoms with van der Waals surface area (Å²) in [5, 5.41) is 6.37. The fraction of sp³-hybridized carbons (Fsp3) is 0.476. The van der Waals surface area contributed by atoms with Gasteiger partial charge in [0, 0.05) is 31.9 Å². The summed E-state index contributed by atoms with van der Waals surface area (Å²) in [5.74, 6) is 2.07. The summed E-state index contributed by atoms with van der Waals surface area (Å²) < 4.78 is 13.2. The van der Waals surface area contributed by atoms with Gasteiger partial charge in [0.05, 0.1) is 0 Å². The molecule has 2 N–H and O–H groups in total. The number of aryl methyl sites for hydroxylation is 1. The fourth-order valence-electron chi connectivity index (χ4n) is 3.88. The van der Waals surface area contributed by atoms with Gasteiger partial charge in [-0.2, -0.15) is 0 Å². The number of rotatable bonds is 4. The van der Waals surface area contributed by atoms with Crippen LogP contribution in [-0.4, -0.2) is 48.1 Å². The Balaban J connectivity index is 1.54. The van der Waals surface area contributed by atoms with Gasteiger partial charge in [0.1, 0.15) is 23.4 Å². The van der Waals surface area contributed by atoms with Crippen molar-refractivity contribution < 1.29 is 9.18 Å². The zero-order valence-electron chi connectivity index (χ0n) is 17.1. The molecule has 1 aromatic heterocycles. The molecule has 3 heterocycles. The minimum atomic E-state index is -0.287. The zero-order chi connectivity index (χ0) is 20.5. The molecule has 8 heteroatoms. The van der Waals surface area contributed by atoms with Crippen molar-refractivity contribution in [1.29, 1.82) is 0 Å². The molecule has 0 bridgehead atoms. The molecule has 0 aliphatic carbocycles. The van der Waals surface area contributed by atoms with Crippen molar-refractivity contribution in [1.82, 2.24) is 9.97 Å². The summed E-state index contributed by atoms with van der Waals surface area (Å²) >= 11 is 0. The van der Waals surface area contributed by atoms with Gasteiger partial charge < -0.3 is 20.4 Å². The molecule has 2 unspecified atom stereocenters. The van der Waals surface area contributed by atoms with Crippen molar-refractivity contribution in [2.45, 2.75) is 33.2 Å². The lowest BCUT2D eigenvalue weighted by molar-refractivity contribution is -0.118. The Morgan fingerprint density at radius 2 is 1.79 bits per heavy atom. The maximum atomic E-state index is 13.2. The topological polar surface area (TPSA) is 73.4 Å². The van der Waals surface area contributed by atoms with Gasteiger partial charge >= 0.3 is 0 Å². The van der Waals surface area contributed by atoms with Crippen molar-refractivity contribution in [2.24, 2.45) is 5.92 Å². The van der Waals surface area contributed by atoms with Gasteiger partial charge in [-0.15, -0.1) is 0 Å². The van der Waals surface area contributed by atoms with Gasteiger partial charge in [-0.25, -0.2) is 14.4 Å². The van der Waals surface area contributed by atoms with E-state index in [9.17, 15) is 9.18 Å². The lowest BCUT2D eigenvalue weighted by atomic mass is 9.97. The zero-order valence-corrected chi connectivity index (χ0v) is 17.1. The van der Waals surface area contributed by atoms with Crippen LogP contribution in [0.2, 0.25) is 0 Å². The highest BCUT2D eigenvalue weighted by atomic mass is 19.1. The number of hydrogen-bond donors (Lipinski definition) is 2. The van der Waals surface area contributed by atoms with E-state index in [2.05, 4.69) is 44.2 Å². The largest absolute Gasteiger partial charge is 0.368 e. The van der Waals surface area contributed by atoms with E-state index in [4.69, 9.17) is 0 Å². The molecule has 0 radical (unpaired) electrons. The number of aromatic nitrogens is 2. The molecule has 154 valence electrons. The van der Waals surface area contributed by atoms with E-state index < -0.39 is 0 Å². The number of hydrogen-bond acceptors (Lipinski definition) is 6. The second-order valence-corrected chi connectivity index (χ2v) is 7.77. The van der Waals surface area contributed by atoms with Crippen LogP contribution in [0.1, 0.15) is 26.1 Å². The molecule has 1 amide bonds. The van der Waals surface area contributed by atoms with E-state index in [0.717, 1.165) is 44.1 Å². The number of anilines is 4. The minimum absolute atomic E-state index is 0.0366. The maximum Gasteiger partial charge on any atom is 0.247 e. The quantitative estimate of drug-likeness (QED) is 0.825. The van der Waals surface area contributed by atoms with E-state index >= 15 is 0 Å². The molecular formula is C21H27FN6O. The van der Waals surface area contributed by atoms with E-state index in [0.29, 0.717) is 17.3 Å². The first kappa shape index (κ1) is 19.4. The highest BCUT2D eigenvalue weighted by molar-refractivity contribution is 6.05. The molecule has 2 aliphatic heterocycles. The number of amides is 1. The van der Waals surface area contributed by atoms with E-state index in [1.54, 1.807) is 12.1 Å². The summed E-state index contributed by atoms with van der Waals surface area (Å²) in [6.45, 7) is 9.10. The van der Waals surface area contributed by atoms with E-state index in [-0.39, 0.29) is 23.7 Å². The fourth-order valence-corrected chi connectivity index (χ4v) is 3.88. The number of halogens is 1. The van der Waals surface area contributed by atoms with Crippen LogP contribution in [0.3, 0.4) is 0 Å². The summed E-state index contributed by atoms with van der Waals surface area (Å²) in [6.07, 6.45) is 0.905. The molecule has 1 aromatic carbocycles. The Hall–Kier alpha value is -2.90. The van der Waals surface area contributed by atoms with Crippen molar-refractivity contribution in [3.63, 3.8) is 0 Å². The van der Waals surface area contributed by atoms with Crippen LogP contribution < -0.4 is 20.4 Å². The Morgan fingerprint density at radius 1 is 1.14 bits per heavy atom. The predicted molar refractivity (Wildman–Crippen MR) is 113 cm³/mol. The lowest BCUT2D eigenvalue weighted by Crippen LogP contribution is -2.48. The first-order valence-electron chi connectivity index (χ1n) is 10.2. The van der Waals surface area contributed by atoms with Gasteiger partial charge in [0.25, 0.3) is 0 Å². The highest BCUT2D eigenvalue weighted by Crippen LogP contribution is 2.35. The molecule has 2 atom stereocenters. The van der Waals surface area contributed by atoms with Crippen LogP contribution >= 0.6 is 0 Å². The van der Waals surface area contributed by atoms with Crippen molar-refractivity contribution in [3.05, 3.63) is 35.9 Å². The van der Waals surface area contributed by atoms with Crippen LogP contribution in [0.5, 0.6) is 0 Å². The minimum Gasteiger partial charge on any atom is -0.368 e. The van der Waals surface area contributed by atoms with Crippen molar-refractivity contribution in [3.8, 4) is 0 Å². The molecule has 29 heavy (non-hydrogen) atoms. The number of carbonyl (C=O) groups excluding carboxylic acids is 1. The first-order valence-corrected chi connectivity index (χ1v) is 10.2. The van der Waals surface area contributed by atoms with Gasteiger partial charge in [0.15, 0.2) is 11.6 Å². The van der Waals surface area contributed by atoms with E-state index in [1.165, 1.54) is 12.1 Å². The molecule has 0 spiro atoms. The predicted octanol–water partition coefficient (Wildman–Crippen LogP) is 3.03. The molecule has 7 nitrogen and oxygen atoms in total. The van der Waals surface area contributed by atoms with Crippen molar-refractivity contribution in [2.75, 3.05) is 46.6 Å². The standard InChI is InChI=1S/C21H27FN6O/c1-4-13(2)17-21(29)26-18-19(25-17)23-14(3)24-20(18)28-11-9-27(10-12-28)16-7-5-15(22)6-8-16/h5-8,13,17H,4,9-12H2,1-3H3,(H,26,29)(H,23,24,25). The maximum absolute atomic E-state index is 13.2. The molecular weight excluding hydrogens is 371 g/mol. The monoisotopic (exact) mass is 398 g/mol. The molecule has 1 fully saturated rings. The summed E-state index contributed by atoms with van der Waals surface area (Å²) in [5.41, 5.74) is 1.67. The number of fused-ring (bicyclic) bond motifs is 1. The lowest BCUT2D eigenvalue weighted by Gasteiger charge is -2.38. The Morgan fingerprint density at radius 3 is 2.45 bits per heavy atom. The van der Waals surface area contributed by atoms with Crippen LogP contribution in [0.4, 0.5) is 27.4 Å². The van der Waals surface area contributed by atoms with Gasteiger partial charge in [0.2, 0.25) is 5.91 Å². The van der Waals surface area contributed by atoms with Crippen molar-refractivity contribution >= 4 is 28.9 Å². The first-order chi connectivity index (χ1) is 14.0. The van der Waals surface area contributed by atoms with Crippen LogP contribution in [-0.2, 0) is 4.79 Å². The summed E-state index contributed by atoms with van der Waals surface area (Å²) in [4.78, 5) is 26.2. The average molecular weight is 398 g/mol. The molecule has 4 rings (SSSR count). The third-order valence-corrected chi connectivity index (χ3v) is 5.81. The van der Waals surface area contributed by atoms with Gasteiger partial charge in [-0.3, -0.25) is 4.79 Å². The number of benzene rings is 1. The smallest absolute Gasteiger partial charge is 0.247 e. The van der Waals surface area contributed by atoms with Gasteiger partial charge in [-0.05, 0) is 37.1 Å². The number of nitrogens with one attached hydrogen (secondary N) is 2. The average Bonchev–Trinajstić information content (AvgIpc) is 2.73. The van der Waals surface area contributed by atoms with Crippen LogP contribution in [0.15, 0.2) is 24.3 Å². The summed E-state index contributed by atoms with van der Waals surface area (Å²) in [7, 11) is 0. The molecule has 1 saturated heterocycles. The Kier molecular flexibility index (Phi) is 5.25. The number of nitrogens with zero attached hydrogens (tertiary/aromatic N) is 4. The number of piperazine rings is 1. The second kappa shape index (κ2) is 7.85. The molecule has 2 aliphatic rings. The third-order valence-electron chi connectivity index (χ3n) is 5.81. The SMILES string of the molecule is CCC(C)C1Nc2nc(C)nc(N3CCN(c4ccc(F)cc4)CC3)c2NC1=O. The molecule has 0 saturated carbocycles. The van der Waals surface area contributed by atoms with Crippen LogP contribution in [0.25, 0.3) is 0 Å². The second-order valence-electron chi connectivity index (χ2n) is 7.77.